The second-order valence-corrected chi connectivity index (χ2v) is 10.7. The number of rotatable bonds is 8. The number of aryl methyl sites for hydroxylation is 2. The minimum absolute atomic E-state index is 0.0407. The lowest BCUT2D eigenvalue weighted by atomic mass is 10.2. The van der Waals surface area contributed by atoms with Crippen molar-refractivity contribution in [1.29, 1.82) is 0 Å². The van der Waals surface area contributed by atoms with E-state index in [1.165, 1.54) is 16.7 Å². The highest BCUT2D eigenvalue weighted by Crippen LogP contribution is 2.17. The Labute approximate surface area is 185 Å². The molecule has 12 heteroatoms. The Morgan fingerprint density at radius 2 is 2.06 bits per heavy atom. The van der Waals surface area contributed by atoms with Crippen molar-refractivity contribution in [2.45, 2.75) is 38.3 Å². The summed E-state index contributed by atoms with van der Waals surface area (Å²) >= 11 is 1.24. The van der Waals surface area contributed by atoms with Crippen LogP contribution in [0.1, 0.15) is 24.7 Å². The van der Waals surface area contributed by atoms with E-state index in [1.807, 2.05) is 19.9 Å². The molecule has 2 amide bonds. The Bertz CT molecular complexity index is 1050. The Kier molecular flexibility index (Phi) is 7.31. The smallest absolute Gasteiger partial charge is 0.239 e. The Morgan fingerprint density at radius 1 is 1.29 bits per heavy atom. The first-order valence-electron chi connectivity index (χ1n) is 9.94. The molecule has 0 aliphatic carbocycles. The SMILES string of the molecule is CCN(CC(=O)N[C@@H]1CCS(=O)(=O)C1)C(=O)CSc1ccc(-n2nc(C)cc2C)nn1. The van der Waals surface area contributed by atoms with Crippen molar-refractivity contribution < 1.29 is 18.0 Å². The molecule has 3 rings (SSSR count). The fourth-order valence-corrected chi connectivity index (χ4v) is 5.71. The Morgan fingerprint density at radius 3 is 2.61 bits per heavy atom. The molecule has 1 saturated heterocycles. The standard InChI is InChI=1S/C19H26N6O4S2/c1-4-24(10-17(26)20-15-7-8-31(28,29)12-15)19(27)11-30-18-6-5-16(21-22-18)25-14(3)9-13(2)23-25/h5-6,9,15H,4,7-8,10-12H2,1-3H3,(H,20,26)/t15-/m1/s1. The topological polar surface area (TPSA) is 127 Å². The zero-order valence-electron chi connectivity index (χ0n) is 17.7. The van der Waals surface area contributed by atoms with E-state index < -0.39 is 9.84 Å². The first kappa shape index (κ1) is 23.2. The number of hydrogen-bond acceptors (Lipinski definition) is 8. The average molecular weight is 467 g/mol. The second-order valence-electron chi connectivity index (χ2n) is 7.43. The van der Waals surface area contributed by atoms with Gasteiger partial charge in [-0.25, -0.2) is 13.1 Å². The number of hydrogen-bond donors (Lipinski definition) is 1. The first-order chi connectivity index (χ1) is 14.7. The van der Waals surface area contributed by atoms with E-state index in [1.54, 1.807) is 23.7 Å². The van der Waals surface area contributed by atoms with Gasteiger partial charge in [0.1, 0.15) is 5.03 Å². The highest BCUT2D eigenvalue weighted by molar-refractivity contribution is 7.99. The van der Waals surface area contributed by atoms with Crippen LogP contribution in [-0.2, 0) is 19.4 Å². The highest BCUT2D eigenvalue weighted by atomic mass is 32.2. The molecule has 0 saturated carbocycles. The zero-order valence-corrected chi connectivity index (χ0v) is 19.4. The van der Waals surface area contributed by atoms with Crippen LogP contribution in [0.4, 0.5) is 0 Å². The van der Waals surface area contributed by atoms with Gasteiger partial charge in [0.15, 0.2) is 15.7 Å². The molecule has 2 aromatic heterocycles. The van der Waals surface area contributed by atoms with Crippen LogP contribution in [0.15, 0.2) is 23.2 Å². The summed E-state index contributed by atoms with van der Waals surface area (Å²) in [6, 6.07) is 5.14. The van der Waals surface area contributed by atoms with E-state index in [0.717, 1.165) is 11.4 Å². The lowest BCUT2D eigenvalue weighted by Gasteiger charge is -2.21. The normalized spacial score (nSPS) is 17.5. The van der Waals surface area contributed by atoms with Crippen LogP contribution in [0, 0.1) is 13.8 Å². The van der Waals surface area contributed by atoms with E-state index >= 15 is 0 Å². The average Bonchev–Trinajstić information content (AvgIpc) is 3.24. The van der Waals surface area contributed by atoms with Gasteiger partial charge >= 0.3 is 0 Å². The molecule has 1 aliphatic rings. The van der Waals surface area contributed by atoms with Gasteiger partial charge in [-0.15, -0.1) is 10.2 Å². The van der Waals surface area contributed by atoms with E-state index in [-0.39, 0.29) is 41.7 Å². The third-order valence-corrected chi connectivity index (χ3v) is 7.54. The third-order valence-electron chi connectivity index (χ3n) is 4.86. The number of thioether (sulfide) groups is 1. The van der Waals surface area contributed by atoms with Gasteiger partial charge < -0.3 is 10.2 Å². The van der Waals surface area contributed by atoms with Crippen molar-refractivity contribution in [2.75, 3.05) is 30.3 Å². The van der Waals surface area contributed by atoms with Gasteiger partial charge in [-0.3, -0.25) is 9.59 Å². The number of carbonyl (C=O) groups excluding carboxylic acids is 2. The lowest BCUT2D eigenvalue weighted by Crippen LogP contribution is -2.45. The number of likely N-dealkylation sites (N-methyl/N-ethyl adjacent to an activating group) is 1. The molecule has 10 nitrogen and oxygen atoms in total. The van der Waals surface area contributed by atoms with Gasteiger partial charge in [0.2, 0.25) is 11.8 Å². The van der Waals surface area contributed by atoms with Crippen molar-refractivity contribution in [2.24, 2.45) is 0 Å². The molecule has 0 aromatic carbocycles. The molecule has 31 heavy (non-hydrogen) atoms. The fourth-order valence-electron chi connectivity index (χ4n) is 3.32. The summed E-state index contributed by atoms with van der Waals surface area (Å²) in [5.74, 6) is 0.211. The summed E-state index contributed by atoms with van der Waals surface area (Å²) in [6.07, 6.45) is 0.413. The fraction of sp³-hybridized carbons (Fsp3) is 0.526. The largest absolute Gasteiger partial charge is 0.351 e. The van der Waals surface area contributed by atoms with Crippen molar-refractivity contribution in [3.63, 3.8) is 0 Å². The van der Waals surface area contributed by atoms with Gasteiger partial charge in [0.05, 0.1) is 29.5 Å². The van der Waals surface area contributed by atoms with Crippen LogP contribution in [0.3, 0.4) is 0 Å². The molecular weight excluding hydrogens is 440 g/mol. The number of nitrogens with one attached hydrogen (secondary N) is 1. The predicted octanol–water partition coefficient (Wildman–Crippen LogP) is 0.523. The van der Waals surface area contributed by atoms with Gasteiger partial charge in [0, 0.05) is 18.3 Å². The van der Waals surface area contributed by atoms with Crippen LogP contribution < -0.4 is 5.32 Å². The molecule has 0 bridgehead atoms. The number of carbonyl (C=O) groups is 2. The summed E-state index contributed by atoms with van der Waals surface area (Å²) in [4.78, 5) is 26.2. The van der Waals surface area contributed by atoms with Crippen LogP contribution in [-0.4, -0.2) is 81.5 Å². The molecular formula is C19H26N6O4S2. The lowest BCUT2D eigenvalue weighted by molar-refractivity contribution is -0.134. The molecule has 1 aliphatic heterocycles. The summed E-state index contributed by atoms with van der Waals surface area (Å²) in [5.41, 5.74) is 1.84. The molecule has 3 heterocycles. The maximum Gasteiger partial charge on any atom is 0.239 e. The molecule has 1 N–H and O–H groups in total. The van der Waals surface area contributed by atoms with Crippen molar-refractivity contribution in [3.8, 4) is 5.82 Å². The molecule has 0 unspecified atom stereocenters. The maximum atomic E-state index is 12.5. The van der Waals surface area contributed by atoms with Gasteiger partial charge in [-0.05, 0) is 45.4 Å². The van der Waals surface area contributed by atoms with E-state index in [2.05, 4.69) is 20.6 Å². The van der Waals surface area contributed by atoms with Crippen LogP contribution in [0.5, 0.6) is 0 Å². The van der Waals surface area contributed by atoms with Crippen LogP contribution in [0.25, 0.3) is 5.82 Å². The van der Waals surface area contributed by atoms with E-state index in [0.29, 0.717) is 23.8 Å². The van der Waals surface area contributed by atoms with Crippen LogP contribution in [0.2, 0.25) is 0 Å². The predicted molar refractivity (Wildman–Crippen MR) is 117 cm³/mol. The third kappa shape index (κ3) is 6.26. The van der Waals surface area contributed by atoms with Crippen molar-refractivity contribution in [3.05, 3.63) is 29.6 Å². The molecule has 0 spiro atoms. The summed E-state index contributed by atoms with van der Waals surface area (Å²) < 4.78 is 24.7. The summed E-state index contributed by atoms with van der Waals surface area (Å²) in [5, 5.41) is 16.0. The quantitative estimate of drug-likeness (QED) is 0.558. The van der Waals surface area contributed by atoms with Crippen molar-refractivity contribution in [1.82, 2.24) is 30.2 Å². The number of aromatic nitrogens is 4. The molecule has 1 atom stereocenters. The van der Waals surface area contributed by atoms with Crippen LogP contribution >= 0.6 is 11.8 Å². The highest BCUT2D eigenvalue weighted by Gasteiger charge is 2.29. The minimum atomic E-state index is -3.07. The number of amides is 2. The van der Waals surface area contributed by atoms with Crippen molar-refractivity contribution >= 4 is 33.4 Å². The molecule has 2 aromatic rings. The summed E-state index contributed by atoms with van der Waals surface area (Å²) in [6.45, 7) is 5.90. The van der Waals surface area contributed by atoms with E-state index in [9.17, 15) is 18.0 Å². The van der Waals surface area contributed by atoms with Gasteiger partial charge in [0.25, 0.3) is 0 Å². The zero-order chi connectivity index (χ0) is 22.6. The Hall–Kier alpha value is -2.47. The maximum absolute atomic E-state index is 12.5. The minimum Gasteiger partial charge on any atom is -0.351 e. The molecule has 168 valence electrons. The number of sulfone groups is 1. The second kappa shape index (κ2) is 9.77. The number of nitrogens with zero attached hydrogens (tertiary/aromatic N) is 5. The Balaban J connectivity index is 1.50. The van der Waals surface area contributed by atoms with E-state index in [4.69, 9.17) is 0 Å². The molecule has 0 radical (unpaired) electrons. The molecule has 1 fully saturated rings. The monoisotopic (exact) mass is 466 g/mol. The van der Waals surface area contributed by atoms with Gasteiger partial charge in [-0.2, -0.15) is 5.10 Å². The first-order valence-corrected chi connectivity index (χ1v) is 12.8. The van der Waals surface area contributed by atoms with Gasteiger partial charge in [-0.1, -0.05) is 11.8 Å². The summed E-state index contributed by atoms with van der Waals surface area (Å²) in [7, 11) is -3.07.